The van der Waals surface area contributed by atoms with Crippen molar-refractivity contribution in [1.82, 2.24) is 10.2 Å². The fourth-order valence-electron chi connectivity index (χ4n) is 4.01. The van der Waals surface area contributed by atoms with Crippen LogP contribution in [-0.2, 0) is 11.3 Å². The number of hydrogen-bond acceptors (Lipinski definition) is 4. The molecular weight excluding hydrogens is 366 g/mol. The molecule has 0 atom stereocenters. The Morgan fingerprint density at radius 3 is 2.62 bits per heavy atom. The number of fused-ring (bicyclic) bond motifs is 2. The zero-order valence-electron chi connectivity index (χ0n) is 16.8. The number of ether oxygens (including phenoxy) is 1. The largest absolute Gasteiger partial charge is 0.481 e. The Balaban J connectivity index is 2.01. The van der Waals surface area contributed by atoms with Crippen molar-refractivity contribution in [2.24, 2.45) is 0 Å². The van der Waals surface area contributed by atoms with Crippen molar-refractivity contribution in [2.45, 2.75) is 39.8 Å². The molecule has 6 nitrogen and oxygen atoms in total. The highest BCUT2D eigenvalue weighted by molar-refractivity contribution is 6.05. The van der Waals surface area contributed by atoms with Gasteiger partial charge in [0.2, 0.25) is 5.91 Å². The summed E-state index contributed by atoms with van der Waals surface area (Å²) in [6.07, 6.45) is 0. The van der Waals surface area contributed by atoms with Crippen molar-refractivity contribution in [3.63, 3.8) is 0 Å². The predicted octanol–water partition coefficient (Wildman–Crippen LogP) is 3.50. The van der Waals surface area contributed by atoms with Crippen LogP contribution in [0, 0.1) is 18.3 Å². The van der Waals surface area contributed by atoms with Crippen molar-refractivity contribution in [1.29, 1.82) is 5.26 Å². The highest BCUT2D eigenvalue weighted by Crippen LogP contribution is 2.45. The van der Waals surface area contributed by atoms with Gasteiger partial charge in [-0.15, -0.1) is 0 Å². The molecule has 0 spiro atoms. The van der Waals surface area contributed by atoms with Gasteiger partial charge in [0, 0.05) is 18.1 Å². The van der Waals surface area contributed by atoms with Gasteiger partial charge >= 0.3 is 0 Å². The van der Waals surface area contributed by atoms with Crippen LogP contribution in [0.4, 0.5) is 0 Å². The van der Waals surface area contributed by atoms with Crippen LogP contribution in [0.5, 0.6) is 5.75 Å². The number of nitrogens with one attached hydrogen (secondary N) is 1. The Labute approximate surface area is 169 Å². The lowest BCUT2D eigenvalue weighted by atomic mass is 9.89. The molecule has 2 aliphatic heterocycles. The second-order valence-corrected chi connectivity index (χ2v) is 7.79. The smallest absolute Gasteiger partial charge is 0.259 e. The fourth-order valence-corrected chi connectivity index (χ4v) is 4.01. The minimum Gasteiger partial charge on any atom is -0.481 e. The Hall–Kier alpha value is -3.59. The lowest BCUT2D eigenvalue weighted by Gasteiger charge is -2.40. The van der Waals surface area contributed by atoms with E-state index in [9.17, 15) is 14.9 Å². The van der Waals surface area contributed by atoms with E-state index in [1.54, 1.807) is 23.1 Å². The minimum absolute atomic E-state index is 0.135. The number of rotatable bonds is 2. The van der Waals surface area contributed by atoms with Crippen LogP contribution in [0.3, 0.4) is 0 Å². The van der Waals surface area contributed by atoms with Crippen LogP contribution in [0.25, 0.3) is 5.70 Å². The van der Waals surface area contributed by atoms with Crippen molar-refractivity contribution in [2.75, 3.05) is 0 Å². The number of amides is 2. The van der Waals surface area contributed by atoms with Gasteiger partial charge in [0.1, 0.15) is 11.4 Å². The first-order valence-corrected chi connectivity index (χ1v) is 9.40. The number of hydrogen-bond donors (Lipinski definition) is 1. The van der Waals surface area contributed by atoms with Gasteiger partial charge in [-0.3, -0.25) is 9.59 Å². The van der Waals surface area contributed by atoms with E-state index in [0.717, 1.165) is 5.56 Å². The topological polar surface area (TPSA) is 82.4 Å². The highest BCUT2D eigenvalue weighted by Gasteiger charge is 2.42. The summed E-state index contributed by atoms with van der Waals surface area (Å²) < 4.78 is 6.20. The molecule has 2 aromatic rings. The maximum absolute atomic E-state index is 13.3. The Morgan fingerprint density at radius 2 is 1.97 bits per heavy atom. The third-order valence-corrected chi connectivity index (χ3v) is 5.38. The molecule has 0 aromatic heterocycles. The van der Waals surface area contributed by atoms with E-state index >= 15 is 0 Å². The first kappa shape index (κ1) is 18.8. The molecule has 146 valence electrons. The minimum atomic E-state index is -0.871. The van der Waals surface area contributed by atoms with Crippen LogP contribution < -0.4 is 10.1 Å². The fraction of sp³-hybridized carbons (Fsp3) is 0.261. The van der Waals surface area contributed by atoms with Gasteiger partial charge in [0.25, 0.3) is 5.91 Å². The Kier molecular flexibility index (Phi) is 4.20. The Morgan fingerprint density at radius 1 is 1.24 bits per heavy atom. The molecule has 0 fully saturated rings. The van der Waals surface area contributed by atoms with Gasteiger partial charge < -0.3 is 15.0 Å². The van der Waals surface area contributed by atoms with E-state index in [2.05, 4.69) is 11.4 Å². The molecule has 2 heterocycles. The van der Waals surface area contributed by atoms with Gasteiger partial charge in [-0.25, -0.2) is 0 Å². The third kappa shape index (κ3) is 2.87. The number of nitriles is 1. The van der Waals surface area contributed by atoms with Gasteiger partial charge in [-0.2, -0.15) is 5.26 Å². The summed E-state index contributed by atoms with van der Waals surface area (Å²) >= 11 is 0. The van der Waals surface area contributed by atoms with Crippen molar-refractivity contribution in [3.8, 4) is 11.8 Å². The molecule has 4 rings (SSSR count). The van der Waals surface area contributed by atoms with Crippen molar-refractivity contribution in [3.05, 3.63) is 69.9 Å². The molecule has 29 heavy (non-hydrogen) atoms. The monoisotopic (exact) mass is 387 g/mol. The Bertz CT molecular complexity index is 1140. The van der Waals surface area contributed by atoms with Crippen LogP contribution in [0.15, 0.2) is 42.1 Å². The van der Waals surface area contributed by atoms with Gasteiger partial charge in [-0.05, 0) is 50.1 Å². The standard InChI is InChI=1S/C23H21N3O3/c1-13-15(11-24)9-10-18-19(13)20(21(25-14(2)27)23(3,4)29-18)26-12-16-7-5-6-8-17(16)22(26)28/h5-10H,12H2,1-4H3,(H,25,27). The SMILES string of the molecule is CC(=O)NC1=C(N2Cc3ccccc3C2=O)c2c(ccc(C#N)c2C)OC1(C)C. The van der Waals surface area contributed by atoms with E-state index < -0.39 is 5.60 Å². The normalized spacial score (nSPS) is 16.7. The molecule has 0 saturated heterocycles. The zero-order chi connectivity index (χ0) is 20.9. The summed E-state index contributed by atoms with van der Waals surface area (Å²) in [6, 6.07) is 13.1. The highest BCUT2D eigenvalue weighted by atomic mass is 16.5. The molecule has 0 bridgehead atoms. The van der Waals surface area contributed by atoms with Gasteiger partial charge in [0.15, 0.2) is 0 Å². The second kappa shape index (κ2) is 6.49. The van der Waals surface area contributed by atoms with Gasteiger partial charge in [-0.1, -0.05) is 18.2 Å². The van der Waals surface area contributed by atoms with Crippen LogP contribution in [0.2, 0.25) is 0 Å². The van der Waals surface area contributed by atoms with Crippen LogP contribution in [0.1, 0.15) is 53.4 Å². The maximum Gasteiger partial charge on any atom is 0.259 e. The molecule has 2 aromatic carbocycles. The van der Waals surface area contributed by atoms with Crippen molar-refractivity contribution >= 4 is 17.5 Å². The molecule has 0 unspecified atom stereocenters. The van der Waals surface area contributed by atoms with E-state index in [1.165, 1.54) is 6.92 Å². The first-order chi connectivity index (χ1) is 13.7. The summed E-state index contributed by atoms with van der Waals surface area (Å²) in [5.74, 6) is 0.194. The molecule has 0 radical (unpaired) electrons. The third-order valence-electron chi connectivity index (χ3n) is 5.38. The number of carbonyl (C=O) groups is 2. The van der Waals surface area contributed by atoms with E-state index in [4.69, 9.17) is 4.74 Å². The van der Waals surface area contributed by atoms with Crippen molar-refractivity contribution < 1.29 is 14.3 Å². The average Bonchev–Trinajstić information content (AvgIpc) is 2.99. The van der Waals surface area contributed by atoms with E-state index in [0.29, 0.717) is 45.9 Å². The summed E-state index contributed by atoms with van der Waals surface area (Å²) in [5.41, 5.74) is 3.66. The summed E-state index contributed by atoms with van der Waals surface area (Å²) in [6.45, 7) is 7.34. The van der Waals surface area contributed by atoms with Gasteiger partial charge in [0.05, 0.1) is 29.6 Å². The zero-order valence-corrected chi connectivity index (χ0v) is 16.8. The number of carbonyl (C=O) groups excluding carboxylic acids is 2. The quantitative estimate of drug-likeness (QED) is 0.855. The first-order valence-electron chi connectivity index (χ1n) is 9.40. The predicted molar refractivity (Wildman–Crippen MR) is 108 cm³/mol. The lowest BCUT2D eigenvalue weighted by Crippen LogP contribution is -2.45. The molecule has 0 aliphatic carbocycles. The van der Waals surface area contributed by atoms with E-state index in [-0.39, 0.29) is 11.8 Å². The summed E-state index contributed by atoms with van der Waals surface area (Å²) in [5, 5.41) is 12.4. The maximum atomic E-state index is 13.3. The van der Waals surface area contributed by atoms with E-state index in [1.807, 2.05) is 39.0 Å². The van der Waals surface area contributed by atoms with Crippen LogP contribution in [-0.4, -0.2) is 22.3 Å². The average molecular weight is 387 g/mol. The molecule has 1 N–H and O–H groups in total. The summed E-state index contributed by atoms with van der Waals surface area (Å²) in [4.78, 5) is 27.0. The molecule has 2 aliphatic rings. The number of benzene rings is 2. The molecular formula is C23H21N3O3. The molecule has 2 amide bonds. The number of nitrogens with zero attached hydrogens (tertiary/aromatic N) is 2. The van der Waals surface area contributed by atoms with Crippen LogP contribution >= 0.6 is 0 Å². The lowest BCUT2D eigenvalue weighted by molar-refractivity contribution is -0.118. The summed E-state index contributed by atoms with van der Waals surface area (Å²) in [7, 11) is 0. The molecule has 0 saturated carbocycles. The molecule has 6 heteroatoms. The second-order valence-electron chi connectivity index (χ2n) is 7.79.